The lowest BCUT2D eigenvalue weighted by Crippen LogP contribution is -2.35. The molecule has 0 heterocycles. The molecule has 126 valence electrons. The quantitative estimate of drug-likeness (QED) is 0.453. The minimum absolute atomic E-state index is 0.169. The van der Waals surface area contributed by atoms with Crippen LogP contribution in [0.25, 0.3) is 0 Å². The number of carbonyl (C=O) groups is 1. The van der Waals surface area contributed by atoms with E-state index in [0.29, 0.717) is 12.5 Å². The molecule has 0 N–H and O–H groups in total. The highest BCUT2D eigenvalue weighted by atomic mass is 16.5. The molecular formula is C19H28NO3+. The molecule has 4 heteroatoms. The van der Waals surface area contributed by atoms with Crippen molar-refractivity contribution in [2.75, 3.05) is 20.3 Å². The van der Waals surface area contributed by atoms with Crippen LogP contribution in [0.15, 0.2) is 24.3 Å². The Labute approximate surface area is 139 Å². The number of esters is 1. The van der Waals surface area contributed by atoms with Gasteiger partial charge in [0.15, 0.2) is 0 Å². The summed E-state index contributed by atoms with van der Waals surface area (Å²) in [5, 5.41) is 0. The summed E-state index contributed by atoms with van der Waals surface area (Å²) in [5.41, 5.74) is 1.83. The van der Waals surface area contributed by atoms with Crippen LogP contribution in [0.5, 0.6) is 5.75 Å². The highest BCUT2D eigenvalue weighted by Gasteiger charge is 2.34. The number of methoxy groups -OCH3 is 1. The third-order valence-electron chi connectivity index (χ3n) is 4.47. The molecule has 0 aromatic heterocycles. The summed E-state index contributed by atoms with van der Waals surface area (Å²) >= 11 is 0. The first kappa shape index (κ1) is 17.5. The maximum Gasteiger partial charge on any atom is 0.399 e. The van der Waals surface area contributed by atoms with E-state index < -0.39 is 0 Å². The highest BCUT2D eigenvalue weighted by Crippen LogP contribution is 2.27. The Bertz CT molecular complexity index is 542. The SMILES string of the molecule is CCOC(=O)C(C1CCCCC1)=[N+](CC)c1ccc(OC)cc1. The van der Waals surface area contributed by atoms with Gasteiger partial charge in [0, 0.05) is 12.1 Å². The van der Waals surface area contributed by atoms with Crippen LogP contribution >= 0.6 is 0 Å². The molecule has 1 aromatic rings. The average Bonchev–Trinajstić information content (AvgIpc) is 2.60. The predicted octanol–water partition coefficient (Wildman–Crippen LogP) is 3.94. The van der Waals surface area contributed by atoms with Gasteiger partial charge in [-0.1, -0.05) is 19.3 Å². The molecule has 2 rings (SSSR count). The van der Waals surface area contributed by atoms with Crippen molar-refractivity contribution >= 4 is 17.4 Å². The summed E-state index contributed by atoms with van der Waals surface area (Å²) < 4.78 is 12.7. The lowest BCUT2D eigenvalue weighted by Gasteiger charge is -2.21. The van der Waals surface area contributed by atoms with Crippen molar-refractivity contribution in [3.05, 3.63) is 24.3 Å². The molecule has 0 spiro atoms. The number of hydrogen-bond acceptors (Lipinski definition) is 3. The molecule has 1 aromatic carbocycles. The maximum atomic E-state index is 12.6. The second kappa shape index (κ2) is 8.70. The van der Waals surface area contributed by atoms with Crippen LogP contribution in [0.3, 0.4) is 0 Å². The van der Waals surface area contributed by atoms with Crippen LogP contribution in [-0.4, -0.2) is 36.5 Å². The molecule has 0 radical (unpaired) electrons. The van der Waals surface area contributed by atoms with E-state index in [9.17, 15) is 4.79 Å². The first-order valence-electron chi connectivity index (χ1n) is 8.66. The minimum Gasteiger partial charge on any atom is -0.497 e. The summed E-state index contributed by atoms with van der Waals surface area (Å²) in [5.74, 6) is 0.946. The van der Waals surface area contributed by atoms with Crippen molar-refractivity contribution in [2.24, 2.45) is 5.92 Å². The average molecular weight is 318 g/mol. The van der Waals surface area contributed by atoms with Crippen LogP contribution < -0.4 is 4.74 Å². The zero-order valence-corrected chi connectivity index (χ0v) is 14.5. The predicted molar refractivity (Wildman–Crippen MR) is 91.7 cm³/mol. The topological polar surface area (TPSA) is 38.5 Å². The molecular weight excluding hydrogens is 290 g/mol. The van der Waals surface area contributed by atoms with E-state index in [2.05, 4.69) is 11.5 Å². The Balaban J connectivity index is 2.43. The van der Waals surface area contributed by atoms with E-state index in [1.165, 1.54) is 19.3 Å². The monoisotopic (exact) mass is 318 g/mol. The van der Waals surface area contributed by atoms with E-state index in [0.717, 1.165) is 36.5 Å². The molecule has 0 bridgehead atoms. The van der Waals surface area contributed by atoms with E-state index in [-0.39, 0.29) is 5.97 Å². The van der Waals surface area contributed by atoms with Gasteiger partial charge in [-0.25, -0.2) is 4.79 Å². The summed E-state index contributed by atoms with van der Waals surface area (Å²) in [7, 11) is 1.66. The zero-order chi connectivity index (χ0) is 16.7. The van der Waals surface area contributed by atoms with E-state index in [1.54, 1.807) is 7.11 Å². The molecule has 0 saturated heterocycles. The molecule has 1 saturated carbocycles. The normalized spacial score (nSPS) is 16.7. The molecule has 1 aliphatic rings. The smallest absolute Gasteiger partial charge is 0.399 e. The van der Waals surface area contributed by atoms with E-state index in [1.807, 2.05) is 31.2 Å². The molecule has 1 fully saturated rings. The van der Waals surface area contributed by atoms with Gasteiger partial charge >= 0.3 is 5.97 Å². The largest absolute Gasteiger partial charge is 0.497 e. The fraction of sp³-hybridized carbons (Fsp3) is 0.579. The van der Waals surface area contributed by atoms with Crippen molar-refractivity contribution < 1.29 is 18.8 Å². The Morgan fingerprint density at radius 3 is 2.30 bits per heavy atom. The molecule has 0 atom stereocenters. The summed E-state index contributed by atoms with van der Waals surface area (Å²) in [4.78, 5) is 12.6. The number of carbonyl (C=O) groups excluding carboxylic acids is 1. The lowest BCUT2D eigenvalue weighted by molar-refractivity contribution is -0.439. The third kappa shape index (κ3) is 4.34. The fourth-order valence-electron chi connectivity index (χ4n) is 3.33. The Kier molecular flexibility index (Phi) is 6.63. The zero-order valence-electron chi connectivity index (χ0n) is 14.5. The minimum atomic E-state index is -0.169. The van der Waals surface area contributed by atoms with Gasteiger partial charge in [-0.3, -0.25) is 0 Å². The first-order valence-corrected chi connectivity index (χ1v) is 8.66. The van der Waals surface area contributed by atoms with Crippen molar-refractivity contribution in [3.8, 4) is 5.75 Å². The van der Waals surface area contributed by atoms with Gasteiger partial charge in [-0.15, -0.1) is 0 Å². The third-order valence-corrected chi connectivity index (χ3v) is 4.47. The van der Waals surface area contributed by atoms with Gasteiger partial charge in [-0.05, 0) is 38.8 Å². The fourth-order valence-corrected chi connectivity index (χ4v) is 3.33. The van der Waals surface area contributed by atoms with E-state index in [4.69, 9.17) is 9.47 Å². The number of rotatable bonds is 6. The Morgan fingerprint density at radius 1 is 1.13 bits per heavy atom. The van der Waals surface area contributed by atoms with Gasteiger partial charge in [0.05, 0.1) is 19.6 Å². The summed E-state index contributed by atoms with van der Waals surface area (Å²) in [6.45, 7) is 5.10. The highest BCUT2D eigenvalue weighted by molar-refractivity contribution is 6.35. The number of ether oxygens (including phenoxy) is 2. The molecule has 4 nitrogen and oxygen atoms in total. The van der Waals surface area contributed by atoms with Gasteiger partial charge in [0.25, 0.3) is 5.71 Å². The second-order valence-electron chi connectivity index (χ2n) is 5.88. The van der Waals surface area contributed by atoms with Crippen molar-refractivity contribution in [1.29, 1.82) is 0 Å². The van der Waals surface area contributed by atoms with Gasteiger partial charge in [-0.2, -0.15) is 4.58 Å². The molecule has 1 aliphatic carbocycles. The number of benzene rings is 1. The van der Waals surface area contributed by atoms with Gasteiger partial charge in [0.2, 0.25) is 5.69 Å². The Morgan fingerprint density at radius 2 is 1.78 bits per heavy atom. The first-order chi connectivity index (χ1) is 11.2. The maximum absolute atomic E-state index is 12.6. The van der Waals surface area contributed by atoms with Crippen molar-refractivity contribution in [3.63, 3.8) is 0 Å². The summed E-state index contributed by atoms with van der Waals surface area (Å²) in [6, 6.07) is 7.87. The standard InChI is InChI=1S/C19H28NO3/c1-4-20(16-11-13-17(22-3)14-12-16)18(19(21)23-5-2)15-9-7-6-8-10-15/h11-15H,4-10H2,1-3H3/q+1. The summed E-state index contributed by atoms with van der Waals surface area (Å²) in [6.07, 6.45) is 5.78. The van der Waals surface area contributed by atoms with Crippen molar-refractivity contribution in [2.45, 2.75) is 46.0 Å². The van der Waals surface area contributed by atoms with Gasteiger partial charge in [0.1, 0.15) is 12.3 Å². The van der Waals surface area contributed by atoms with Crippen LogP contribution in [0.1, 0.15) is 46.0 Å². The van der Waals surface area contributed by atoms with Crippen LogP contribution in [0, 0.1) is 5.92 Å². The molecule has 0 aliphatic heterocycles. The lowest BCUT2D eigenvalue weighted by atomic mass is 9.85. The van der Waals surface area contributed by atoms with Crippen LogP contribution in [0.2, 0.25) is 0 Å². The Hall–Kier alpha value is -1.84. The van der Waals surface area contributed by atoms with Gasteiger partial charge < -0.3 is 9.47 Å². The molecule has 23 heavy (non-hydrogen) atoms. The van der Waals surface area contributed by atoms with E-state index >= 15 is 0 Å². The molecule has 0 amide bonds. The van der Waals surface area contributed by atoms with Crippen LogP contribution in [0.4, 0.5) is 5.69 Å². The van der Waals surface area contributed by atoms with Crippen molar-refractivity contribution in [1.82, 2.24) is 0 Å². The number of nitrogens with zero attached hydrogens (tertiary/aromatic N) is 1. The second-order valence-corrected chi connectivity index (χ2v) is 5.88. The number of hydrogen-bond donors (Lipinski definition) is 0. The van der Waals surface area contributed by atoms with Crippen LogP contribution in [-0.2, 0) is 9.53 Å². The molecule has 0 unspecified atom stereocenters.